The maximum atomic E-state index is 14.6. The third-order valence-corrected chi connectivity index (χ3v) is 7.73. The maximum absolute atomic E-state index is 14.6. The quantitative estimate of drug-likeness (QED) is 0.561. The number of hydrogen-bond acceptors (Lipinski definition) is 7. The highest BCUT2D eigenvalue weighted by molar-refractivity contribution is 6.22. The number of anilines is 1. The predicted octanol–water partition coefficient (Wildman–Crippen LogP) is 4.56. The SMILES string of the molecule is COc1cc2ncnc(NC3=CC=CC(Cl)C3F)c2cc1O[C@H]1CC[C@@H](N2CCC(N)CC2)CC1. The smallest absolute Gasteiger partial charge is 0.162 e. The molecule has 2 atom stereocenters. The van der Waals surface area contributed by atoms with Crippen molar-refractivity contribution in [1.82, 2.24) is 14.9 Å². The number of allylic oxidation sites excluding steroid dienone is 4. The van der Waals surface area contributed by atoms with Crippen LogP contribution in [0.5, 0.6) is 11.5 Å². The summed E-state index contributed by atoms with van der Waals surface area (Å²) in [6.07, 6.45) is 11.7. The second kappa shape index (κ2) is 10.7. The van der Waals surface area contributed by atoms with Crippen molar-refractivity contribution < 1.29 is 13.9 Å². The number of likely N-dealkylation sites (tertiary alicyclic amines) is 1. The molecule has 2 aliphatic carbocycles. The number of aromatic nitrogens is 2. The summed E-state index contributed by atoms with van der Waals surface area (Å²) < 4.78 is 26.7. The molecule has 1 aliphatic heterocycles. The number of halogens is 2. The Bertz CT molecular complexity index is 1100. The standard InChI is InChI=1S/C26H33ClFN5O2/c1-34-23-14-22-19(26(31-15-30-22)32-21-4-2-3-20(27)25(21)28)13-24(23)35-18-7-5-17(6-8-18)33-11-9-16(29)10-12-33/h2-4,13-18,20,25H,5-12,29H2,1H3,(H,30,31,32)/t17-,18+,20?,25?. The largest absolute Gasteiger partial charge is 0.493 e. The Labute approximate surface area is 210 Å². The Morgan fingerprint density at radius 2 is 1.86 bits per heavy atom. The number of methoxy groups -OCH3 is 1. The molecule has 2 unspecified atom stereocenters. The van der Waals surface area contributed by atoms with Crippen molar-refractivity contribution in [3.63, 3.8) is 0 Å². The van der Waals surface area contributed by atoms with E-state index in [0.29, 0.717) is 40.6 Å². The maximum Gasteiger partial charge on any atom is 0.162 e. The number of nitrogens with zero attached hydrogens (tertiary/aromatic N) is 3. The second-order valence-corrected chi connectivity index (χ2v) is 10.1. The summed E-state index contributed by atoms with van der Waals surface area (Å²) in [6, 6.07) is 4.70. The molecule has 1 aromatic carbocycles. The van der Waals surface area contributed by atoms with Crippen molar-refractivity contribution in [1.29, 1.82) is 0 Å². The van der Waals surface area contributed by atoms with E-state index in [0.717, 1.165) is 57.0 Å². The monoisotopic (exact) mass is 501 g/mol. The van der Waals surface area contributed by atoms with Crippen LogP contribution in [0.25, 0.3) is 10.9 Å². The summed E-state index contributed by atoms with van der Waals surface area (Å²) in [6.45, 7) is 2.20. The van der Waals surface area contributed by atoms with Crippen LogP contribution < -0.4 is 20.5 Å². The van der Waals surface area contributed by atoms with Gasteiger partial charge in [-0.1, -0.05) is 12.2 Å². The first kappa shape index (κ1) is 24.3. The van der Waals surface area contributed by atoms with Gasteiger partial charge in [-0.25, -0.2) is 14.4 Å². The minimum absolute atomic E-state index is 0.115. The molecule has 0 radical (unpaired) electrons. The summed E-state index contributed by atoms with van der Waals surface area (Å²) >= 11 is 6.07. The zero-order valence-corrected chi connectivity index (χ0v) is 20.8. The van der Waals surface area contributed by atoms with E-state index in [9.17, 15) is 4.39 Å². The molecule has 1 saturated carbocycles. The van der Waals surface area contributed by atoms with Crippen molar-refractivity contribution in [3.8, 4) is 11.5 Å². The molecule has 3 N–H and O–H groups in total. The Hall–Kier alpha value is -2.42. The lowest BCUT2D eigenvalue weighted by atomic mass is 9.90. The molecule has 35 heavy (non-hydrogen) atoms. The number of nitrogens with one attached hydrogen (secondary N) is 1. The fourth-order valence-corrected chi connectivity index (χ4v) is 5.50. The molecule has 2 aromatic rings. The minimum atomic E-state index is -1.34. The number of alkyl halides is 2. The summed E-state index contributed by atoms with van der Waals surface area (Å²) in [5.74, 6) is 1.77. The van der Waals surface area contributed by atoms with Crippen molar-refractivity contribution >= 4 is 28.3 Å². The highest BCUT2D eigenvalue weighted by Gasteiger charge is 2.30. The third-order valence-electron chi connectivity index (χ3n) is 7.36. The van der Waals surface area contributed by atoms with Gasteiger partial charge in [0.1, 0.15) is 12.1 Å². The first-order valence-electron chi connectivity index (χ1n) is 12.4. The third kappa shape index (κ3) is 5.39. The second-order valence-electron chi connectivity index (χ2n) is 9.64. The van der Waals surface area contributed by atoms with Gasteiger partial charge in [0, 0.05) is 23.5 Å². The molecular formula is C26H33ClFN5O2. The molecule has 1 saturated heterocycles. The Kier molecular flexibility index (Phi) is 7.41. The van der Waals surface area contributed by atoms with Gasteiger partial charge in [-0.3, -0.25) is 0 Å². The molecule has 1 aromatic heterocycles. The van der Waals surface area contributed by atoms with Crippen molar-refractivity contribution in [2.75, 3.05) is 25.5 Å². The van der Waals surface area contributed by atoms with Crippen LogP contribution in [-0.2, 0) is 0 Å². The number of piperidine rings is 1. The molecule has 0 spiro atoms. The summed E-state index contributed by atoms with van der Waals surface area (Å²) in [4.78, 5) is 11.3. The number of fused-ring (bicyclic) bond motifs is 1. The highest BCUT2D eigenvalue weighted by atomic mass is 35.5. The van der Waals surface area contributed by atoms with Gasteiger partial charge in [0.05, 0.1) is 29.8 Å². The van der Waals surface area contributed by atoms with Crippen LogP contribution in [0.3, 0.4) is 0 Å². The van der Waals surface area contributed by atoms with E-state index >= 15 is 0 Å². The first-order valence-corrected chi connectivity index (χ1v) is 12.9. The molecule has 3 aliphatic rings. The van der Waals surface area contributed by atoms with Gasteiger partial charge >= 0.3 is 0 Å². The van der Waals surface area contributed by atoms with Crippen LogP contribution in [0, 0.1) is 0 Å². The molecule has 188 valence electrons. The van der Waals surface area contributed by atoms with E-state index in [1.807, 2.05) is 12.1 Å². The number of nitrogens with two attached hydrogens (primary N) is 1. The fraction of sp³-hybridized carbons (Fsp3) is 0.538. The first-order chi connectivity index (χ1) is 17.0. The Balaban J connectivity index is 1.31. The van der Waals surface area contributed by atoms with Crippen LogP contribution in [0.4, 0.5) is 10.2 Å². The van der Waals surface area contributed by atoms with Gasteiger partial charge in [0.15, 0.2) is 17.7 Å². The fourth-order valence-electron chi connectivity index (χ4n) is 5.28. The van der Waals surface area contributed by atoms with Gasteiger partial charge in [-0.05, 0) is 63.8 Å². The van der Waals surface area contributed by atoms with E-state index in [1.54, 1.807) is 25.3 Å². The van der Waals surface area contributed by atoms with Gasteiger partial charge in [-0.2, -0.15) is 0 Å². The zero-order chi connectivity index (χ0) is 24.4. The average molecular weight is 502 g/mol. The van der Waals surface area contributed by atoms with Crippen LogP contribution in [0.15, 0.2) is 42.4 Å². The van der Waals surface area contributed by atoms with Crippen LogP contribution in [0.1, 0.15) is 38.5 Å². The molecular weight excluding hydrogens is 469 g/mol. The molecule has 7 nitrogen and oxygen atoms in total. The molecule has 2 fully saturated rings. The van der Waals surface area contributed by atoms with Crippen LogP contribution in [0.2, 0.25) is 0 Å². The molecule has 0 bridgehead atoms. The van der Waals surface area contributed by atoms with E-state index < -0.39 is 11.5 Å². The molecule has 2 heterocycles. The Morgan fingerprint density at radius 3 is 2.60 bits per heavy atom. The van der Waals surface area contributed by atoms with Crippen molar-refractivity contribution in [3.05, 3.63) is 42.4 Å². The van der Waals surface area contributed by atoms with E-state index in [4.69, 9.17) is 26.8 Å². The van der Waals surface area contributed by atoms with E-state index in [1.165, 1.54) is 6.33 Å². The molecule has 0 amide bonds. The lowest BCUT2D eigenvalue weighted by Crippen LogP contribution is -2.47. The van der Waals surface area contributed by atoms with Crippen molar-refractivity contribution in [2.45, 2.75) is 68.3 Å². The van der Waals surface area contributed by atoms with Gasteiger partial charge in [-0.15, -0.1) is 11.6 Å². The summed E-state index contributed by atoms with van der Waals surface area (Å²) in [5, 5.41) is 3.12. The number of rotatable bonds is 6. The zero-order valence-electron chi connectivity index (χ0n) is 20.0. The lowest BCUT2D eigenvalue weighted by Gasteiger charge is -2.40. The lowest BCUT2D eigenvalue weighted by molar-refractivity contribution is 0.0725. The van der Waals surface area contributed by atoms with Gasteiger partial charge in [0.25, 0.3) is 0 Å². The van der Waals surface area contributed by atoms with E-state index in [-0.39, 0.29) is 6.10 Å². The minimum Gasteiger partial charge on any atom is -0.493 e. The number of hydrogen-bond donors (Lipinski definition) is 2. The normalized spacial score (nSPS) is 28.1. The van der Waals surface area contributed by atoms with Gasteiger partial charge < -0.3 is 25.4 Å². The van der Waals surface area contributed by atoms with Crippen molar-refractivity contribution in [2.24, 2.45) is 5.73 Å². The van der Waals surface area contributed by atoms with Gasteiger partial charge in [0.2, 0.25) is 0 Å². The van der Waals surface area contributed by atoms with E-state index in [2.05, 4.69) is 20.2 Å². The Morgan fingerprint density at radius 1 is 1.09 bits per heavy atom. The summed E-state index contributed by atoms with van der Waals surface area (Å²) in [5.41, 5.74) is 7.12. The number of ether oxygens (including phenoxy) is 2. The topological polar surface area (TPSA) is 85.5 Å². The van der Waals surface area contributed by atoms with Crippen LogP contribution >= 0.6 is 11.6 Å². The van der Waals surface area contributed by atoms with Crippen LogP contribution in [-0.4, -0.2) is 64.8 Å². The molecule has 5 rings (SSSR count). The predicted molar refractivity (Wildman–Crippen MR) is 137 cm³/mol. The number of benzene rings is 1. The summed E-state index contributed by atoms with van der Waals surface area (Å²) in [7, 11) is 1.62. The average Bonchev–Trinajstić information content (AvgIpc) is 2.88. The highest BCUT2D eigenvalue weighted by Crippen LogP contribution is 2.37. The molecule has 9 heteroatoms.